The maximum Gasteiger partial charge on any atom is 0.261 e. The Hall–Kier alpha value is -1.49. The number of anilines is 1. The number of rotatable bonds is 6. The van der Waals surface area contributed by atoms with Gasteiger partial charge >= 0.3 is 0 Å². The van der Waals surface area contributed by atoms with Crippen molar-refractivity contribution < 1.29 is 9.59 Å². The number of hydrogen-bond acceptors (Lipinski definition) is 4. The second-order valence-electron chi connectivity index (χ2n) is 4.41. The van der Waals surface area contributed by atoms with Crippen molar-refractivity contribution in [3.8, 4) is 0 Å². The van der Waals surface area contributed by atoms with Crippen molar-refractivity contribution in [1.29, 1.82) is 0 Å². The molecule has 0 saturated carbocycles. The maximum absolute atomic E-state index is 11.8. The normalized spacial score (nSPS) is 13.9. The molecule has 1 aromatic carbocycles. The van der Waals surface area contributed by atoms with Crippen molar-refractivity contribution in [2.75, 3.05) is 30.4 Å². The van der Waals surface area contributed by atoms with Crippen LogP contribution in [0.2, 0.25) is 0 Å². The molecule has 1 N–H and O–H groups in total. The van der Waals surface area contributed by atoms with Gasteiger partial charge in [0.1, 0.15) is 0 Å². The van der Waals surface area contributed by atoms with Gasteiger partial charge in [-0.2, -0.15) is 11.8 Å². The number of nitrogens with zero attached hydrogens (tertiary/aromatic N) is 1. The molecule has 0 atom stereocenters. The molecular formula is C14H18N2O2S. The summed E-state index contributed by atoms with van der Waals surface area (Å²) in [5, 5.41) is 3.29. The number of imide groups is 1. The first-order valence-corrected chi connectivity index (χ1v) is 7.58. The molecule has 1 heterocycles. The van der Waals surface area contributed by atoms with Crippen LogP contribution in [0.3, 0.4) is 0 Å². The summed E-state index contributed by atoms with van der Waals surface area (Å²) in [6.07, 6.45) is 1.09. The molecule has 0 aromatic heterocycles. The number of carbonyl (C=O) groups is 2. The SMILES string of the molecule is CCSCCCNc1ccc2c(c1)C(=O)N(C)C2=O. The Bertz CT molecular complexity index is 502. The minimum atomic E-state index is -0.217. The average molecular weight is 278 g/mol. The highest BCUT2D eigenvalue weighted by Gasteiger charge is 2.32. The van der Waals surface area contributed by atoms with E-state index in [1.54, 1.807) is 12.1 Å². The minimum absolute atomic E-state index is 0.217. The molecule has 0 fully saturated rings. The highest BCUT2D eigenvalue weighted by Crippen LogP contribution is 2.24. The van der Waals surface area contributed by atoms with Gasteiger partial charge in [0, 0.05) is 19.3 Å². The standard InChI is InChI=1S/C14H18N2O2S/c1-3-19-8-4-7-15-10-5-6-11-12(9-10)14(18)16(2)13(11)17/h5-6,9,15H,3-4,7-8H2,1-2H3. The van der Waals surface area contributed by atoms with E-state index in [2.05, 4.69) is 12.2 Å². The average Bonchev–Trinajstić information content (AvgIpc) is 2.64. The van der Waals surface area contributed by atoms with E-state index in [-0.39, 0.29) is 11.8 Å². The number of amides is 2. The molecular weight excluding hydrogens is 260 g/mol. The van der Waals surface area contributed by atoms with E-state index in [9.17, 15) is 9.59 Å². The fourth-order valence-corrected chi connectivity index (χ4v) is 2.66. The predicted molar refractivity (Wildman–Crippen MR) is 79.0 cm³/mol. The summed E-state index contributed by atoms with van der Waals surface area (Å²) in [7, 11) is 1.51. The van der Waals surface area contributed by atoms with Gasteiger partial charge in [0.15, 0.2) is 0 Å². The van der Waals surface area contributed by atoms with Crippen LogP contribution in [0.15, 0.2) is 18.2 Å². The molecule has 0 aliphatic carbocycles. The van der Waals surface area contributed by atoms with Crippen LogP contribution in [0.25, 0.3) is 0 Å². The number of hydrogen-bond donors (Lipinski definition) is 1. The van der Waals surface area contributed by atoms with E-state index in [0.717, 1.165) is 35.1 Å². The van der Waals surface area contributed by atoms with Crippen LogP contribution in [0.5, 0.6) is 0 Å². The van der Waals surface area contributed by atoms with E-state index in [1.165, 1.54) is 7.05 Å². The molecule has 0 unspecified atom stereocenters. The molecule has 2 rings (SSSR count). The summed E-state index contributed by atoms with van der Waals surface area (Å²) in [5.74, 6) is 1.84. The number of carbonyl (C=O) groups excluding carboxylic acids is 2. The fraction of sp³-hybridized carbons (Fsp3) is 0.429. The van der Waals surface area contributed by atoms with Gasteiger partial charge in [-0.1, -0.05) is 6.92 Å². The van der Waals surface area contributed by atoms with Crippen LogP contribution in [-0.4, -0.2) is 41.8 Å². The highest BCUT2D eigenvalue weighted by molar-refractivity contribution is 7.99. The number of nitrogens with one attached hydrogen (secondary N) is 1. The van der Waals surface area contributed by atoms with E-state index in [1.807, 2.05) is 17.8 Å². The first kappa shape index (κ1) is 13.9. The molecule has 1 aliphatic heterocycles. The lowest BCUT2D eigenvalue weighted by molar-refractivity contribution is 0.0693. The van der Waals surface area contributed by atoms with E-state index in [0.29, 0.717) is 11.1 Å². The number of thioether (sulfide) groups is 1. The first-order valence-electron chi connectivity index (χ1n) is 6.43. The molecule has 1 aliphatic rings. The van der Waals surface area contributed by atoms with Gasteiger partial charge in [0.05, 0.1) is 11.1 Å². The molecule has 19 heavy (non-hydrogen) atoms. The molecule has 0 spiro atoms. The van der Waals surface area contributed by atoms with Crippen molar-refractivity contribution in [2.24, 2.45) is 0 Å². The lowest BCUT2D eigenvalue weighted by Crippen LogP contribution is -2.24. The number of benzene rings is 1. The first-order chi connectivity index (χ1) is 9.15. The summed E-state index contributed by atoms with van der Waals surface area (Å²) >= 11 is 1.92. The van der Waals surface area contributed by atoms with Crippen LogP contribution in [0.4, 0.5) is 5.69 Å². The summed E-state index contributed by atoms with van der Waals surface area (Å²) in [4.78, 5) is 24.7. The Kier molecular flexibility index (Phi) is 4.47. The van der Waals surface area contributed by atoms with Crippen LogP contribution < -0.4 is 5.32 Å². The third kappa shape index (κ3) is 2.92. The Balaban J connectivity index is 1.99. The van der Waals surface area contributed by atoms with E-state index in [4.69, 9.17) is 0 Å². The second kappa shape index (κ2) is 6.10. The Morgan fingerprint density at radius 2 is 1.95 bits per heavy atom. The van der Waals surface area contributed by atoms with E-state index < -0.39 is 0 Å². The summed E-state index contributed by atoms with van der Waals surface area (Å²) in [6.45, 7) is 3.03. The maximum atomic E-state index is 11.8. The van der Waals surface area contributed by atoms with Gasteiger partial charge in [-0.05, 0) is 36.1 Å². The van der Waals surface area contributed by atoms with Gasteiger partial charge in [0.25, 0.3) is 11.8 Å². The molecule has 1 aromatic rings. The van der Waals surface area contributed by atoms with Crippen LogP contribution >= 0.6 is 11.8 Å². The van der Waals surface area contributed by atoms with Crippen molar-refractivity contribution in [1.82, 2.24) is 4.90 Å². The summed E-state index contributed by atoms with van der Waals surface area (Å²) in [6, 6.07) is 5.35. The molecule has 0 radical (unpaired) electrons. The Morgan fingerprint density at radius 3 is 2.68 bits per heavy atom. The predicted octanol–water partition coefficient (Wildman–Crippen LogP) is 2.47. The fourth-order valence-electron chi connectivity index (χ4n) is 2.02. The largest absolute Gasteiger partial charge is 0.385 e. The lowest BCUT2D eigenvalue weighted by Gasteiger charge is -2.06. The van der Waals surface area contributed by atoms with Crippen LogP contribution in [0, 0.1) is 0 Å². The monoisotopic (exact) mass is 278 g/mol. The summed E-state index contributed by atoms with van der Waals surface area (Å²) in [5.41, 5.74) is 1.90. The highest BCUT2D eigenvalue weighted by atomic mass is 32.2. The van der Waals surface area contributed by atoms with Crippen molar-refractivity contribution in [3.63, 3.8) is 0 Å². The van der Waals surface area contributed by atoms with Crippen molar-refractivity contribution in [2.45, 2.75) is 13.3 Å². The smallest absolute Gasteiger partial charge is 0.261 e. The summed E-state index contributed by atoms with van der Waals surface area (Å²) < 4.78 is 0. The molecule has 0 saturated heterocycles. The topological polar surface area (TPSA) is 49.4 Å². The van der Waals surface area contributed by atoms with Crippen LogP contribution in [0.1, 0.15) is 34.1 Å². The van der Waals surface area contributed by atoms with Gasteiger partial charge < -0.3 is 5.32 Å². The molecule has 0 bridgehead atoms. The molecule has 4 nitrogen and oxygen atoms in total. The third-order valence-corrected chi connectivity index (χ3v) is 4.07. The quantitative estimate of drug-likeness (QED) is 0.641. The van der Waals surface area contributed by atoms with Crippen molar-refractivity contribution in [3.05, 3.63) is 29.3 Å². The van der Waals surface area contributed by atoms with E-state index >= 15 is 0 Å². The number of fused-ring (bicyclic) bond motifs is 1. The molecule has 5 heteroatoms. The van der Waals surface area contributed by atoms with Gasteiger partial charge in [-0.25, -0.2) is 0 Å². The van der Waals surface area contributed by atoms with Gasteiger partial charge in [0.2, 0.25) is 0 Å². The zero-order valence-electron chi connectivity index (χ0n) is 11.2. The van der Waals surface area contributed by atoms with Gasteiger partial charge in [-0.15, -0.1) is 0 Å². The third-order valence-electron chi connectivity index (χ3n) is 3.09. The zero-order valence-corrected chi connectivity index (χ0v) is 12.0. The molecule has 102 valence electrons. The Labute approximate surface area is 117 Å². The zero-order chi connectivity index (χ0) is 13.8. The van der Waals surface area contributed by atoms with Gasteiger partial charge in [-0.3, -0.25) is 14.5 Å². The Morgan fingerprint density at radius 1 is 1.21 bits per heavy atom. The van der Waals surface area contributed by atoms with Crippen molar-refractivity contribution >= 4 is 29.3 Å². The minimum Gasteiger partial charge on any atom is -0.385 e. The lowest BCUT2D eigenvalue weighted by atomic mass is 10.1. The van der Waals surface area contributed by atoms with Crippen LogP contribution in [-0.2, 0) is 0 Å². The second-order valence-corrected chi connectivity index (χ2v) is 5.80. The molecule has 2 amide bonds.